The van der Waals surface area contributed by atoms with Crippen LogP contribution in [-0.2, 0) is 19.3 Å². The van der Waals surface area contributed by atoms with Gasteiger partial charge in [0.05, 0.1) is 5.69 Å². The Hall–Kier alpha value is -2.75. The summed E-state index contributed by atoms with van der Waals surface area (Å²) in [6, 6.07) is 14.1. The molecule has 128 valence electrons. The summed E-state index contributed by atoms with van der Waals surface area (Å²) in [5.74, 6) is 0. The van der Waals surface area contributed by atoms with Crippen LogP contribution in [0.4, 0.5) is 0 Å². The van der Waals surface area contributed by atoms with Crippen LogP contribution >= 0.6 is 0 Å². The molecule has 0 bridgehead atoms. The second-order valence-corrected chi connectivity index (χ2v) is 6.20. The van der Waals surface area contributed by atoms with E-state index < -0.39 is 0 Å². The molecule has 0 saturated heterocycles. The molecule has 0 amide bonds. The number of aromatic amines is 1. The zero-order chi connectivity index (χ0) is 17.6. The number of nitrogens with zero attached hydrogens (tertiary/aromatic N) is 2. The van der Waals surface area contributed by atoms with E-state index in [9.17, 15) is 4.79 Å². The predicted octanol–water partition coefficient (Wildman–Crippen LogP) is 3.88. The number of hydrogen-bond acceptors (Lipinski definition) is 3. The largest absolute Gasteiger partial charge is 0.326 e. The molecule has 3 aromatic rings. The van der Waals surface area contributed by atoms with Gasteiger partial charge in [0.2, 0.25) is 0 Å². The van der Waals surface area contributed by atoms with Gasteiger partial charge >= 0.3 is 0 Å². The van der Waals surface area contributed by atoms with Crippen LogP contribution in [0.5, 0.6) is 0 Å². The lowest BCUT2D eigenvalue weighted by molar-refractivity contribution is 0.782. The van der Waals surface area contributed by atoms with Crippen molar-refractivity contribution in [2.24, 2.45) is 0 Å². The molecule has 4 nitrogen and oxygen atoms in total. The predicted molar refractivity (Wildman–Crippen MR) is 101 cm³/mol. The molecule has 3 rings (SSSR count). The van der Waals surface area contributed by atoms with Crippen molar-refractivity contribution in [1.29, 1.82) is 0 Å². The summed E-state index contributed by atoms with van der Waals surface area (Å²) in [7, 11) is 0. The first kappa shape index (κ1) is 17.1. The van der Waals surface area contributed by atoms with Crippen LogP contribution in [0.1, 0.15) is 36.0 Å². The van der Waals surface area contributed by atoms with E-state index in [4.69, 9.17) is 4.98 Å². The van der Waals surface area contributed by atoms with Crippen molar-refractivity contribution in [3.63, 3.8) is 0 Å². The zero-order valence-electron chi connectivity index (χ0n) is 14.7. The Morgan fingerprint density at radius 1 is 1.04 bits per heavy atom. The number of H-pyrrole nitrogens is 1. The molecule has 1 N–H and O–H groups in total. The third-order valence-corrected chi connectivity index (χ3v) is 4.37. The first-order valence-electron chi connectivity index (χ1n) is 8.76. The van der Waals surface area contributed by atoms with Crippen molar-refractivity contribution < 1.29 is 0 Å². The number of aromatic nitrogens is 3. The van der Waals surface area contributed by atoms with Crippen molar-refractivity contribution in [2.45, 2.75) is 39.5 Å². The van der Waals surface area contributed by atoms with Gasteiger partial charge in [0.25, 0.3) is 5.56 Å². The molecule has 0 aliphatic heterocycles. The Kier molecular flexibility index (Phi) is 5.39. The molecule has 0 aliphatic carbocycles. The molecule has 0 fully saturated rings. The maximum absolute atomic E-state index is 11.9. The van der Waals surface area contributed by atoms with Gasteiger partial charge in [-0.15, -0.1) is 0 Å². The number of aryl methyl sites for hydroxylation is 4. The zero-order valence-corrected chi connectivity index (χ0v) is 14.7. The van der Waals surface area contributed by atoms with Crippen LogP contribution in [0.3, 0.4) is 0 Å². The highest BCUT2D eigenvalue weighted by molar-refractivity contribution is 5.62. The third kappa shape index (κ3) is 4.21. The average molecular weight is 333 g/mol. The maximum atomic E-state index is 11.9. The van der Waals surface area contributed by atoms with Crippen LogP contribution in [0.2, 0.25) is 0 Å². The number of nitrogens with one attached hydrogen (secondary N) is 1. The molecule has 25 heavy (non-hydrogen) atoms. The van der Waals surface area contributed by atoms with Crippen molar-refractivity contribution in [2.75, 3.05) is 0 Å². The van der Waals surface area contributed by atoms with E-state index in [1.165, 1.54) is 0 Å². The van der Waals surface area contributed by atoms with E-state index >= 15 is 0 Å². The van der Waals surface area contributed by atoms with Gasteiger partial charge in [0.1, 0.15) is 0 Å². The highest BCUT2D eigenvalue weighted by atomic mass is 16.1. The molecule has 3 heterocycles. The van der Waals surface area contributed by atoms with E-state index in [1.807, 2.05) is 50.4 Å². The van der Waals surface area contributed by atoms with Gasteiger partial charge in [-0.05, 0) is 62.9 Å². The van der Waals surface area contributed by atoms with Crippen LogP contribution in [0.25, 0.3) is 11.3 Å². The van der Waals surface area contributed by atoms with Gasteiger partial charge in [-0.1, -0.05) is 19.1 Å². The van der Waals surface area contributed by atoms with Crippen molar-refractivity contribution in [3.8, 4) is 11.3 Å². The summed E-state index contributed by atoms with van der Waals surface area (Å²) < 4.78 is 0. The molecule has 0 aliphatic rings. The van der Waals surface area contributed by atoms with Crippen molar-refractivity contribution in [3.05, 3.63) is 81.7 Å². The van der Waals surface area contributed by atoms with Gasteiger partial charge < -0.3 is 4.98 Å². The fraction of sp³-hybridized carbons (Fsp3) is 0.286. The minimum absolute atomic E-state index is 0.00438. The summed E-state index contributed by atoms with van der Waals surface area (Å²) in [6.07, 6.45) is 5.42. The number of pyridine rings is 3. The topological polar surface area (TPSA) is 58.6 Å². The second-order valence-electron chi connectivity index (χ2n) is 6.20. The van der Waals surface area contributed by atoms with Gasteiger partial charge in [-0.3, -0.25) is 14.8 Å². The summed E-state index contributed by atoms with van der Waals surface area (Å²) in [4.78, 5) is 24.0. The first-order chi connectivity index (χ1) is 12.2. The lowest BCUT2D eigenvalue weighted by Crippen LogP contribution is -2.13. The van der Waals surface area contributed by atoms with Gasteiger partial charge in [-0.25, -0.2) is 0 Å². The molecule has 0 aromatic carbocycles. The standard InChI is InChI=1S/C21H23N3O/c1-3-16-14-19(15(2)23-21(16)25)20-12-7-11-18(24-20)10-6-9-17-8-4-5-13-22-17/h4-5,7-8,11-14H,3,6,9-10H2,1-2H3,(H,23,25). The Morgan fingerprint density at radius 2 is 1.84 bits per heavy atom. The van der Waals surface area contributed by atoms with E-state index in [-0.39, 0.29) is 5.56 Å². The lowest BCUT2D eigenvalue weighted by atomic mass is 10.0. The third-order valence-electron chi connectivity index (χ3n) is 4.37. The second kappa shape index (κ2) is 7.88. The van der Waals surface area contributed by atoms with Gasteiger partial charge in [-0.2, -0.15) is 0 Å². The Balaban J connectivity index is 1.76. The van der Waals surface area contributed by atoms with E-state index in [2.05, 4.69) is 22.1 Å². The minimum atomic E-state index is -0.00438. The summed E-state index contributed by atoms with van der Waals surface area (Å²) >= 11 is 0. The monoisotopic (exact) mass is 333 g/mol. The molecule has 3 aromatic heterocycles. The molecule has 4 heteroatoms. The molecule has 0 atom stereocenters. The van der Waals surface area contributed by atoms with Crippen molar-refractivity contribution >= 4 is 0 Å². The van der Waals surface area contributed by atoms with Crippen LogP contribution in [0, 0.1) is 6.92 Å². The highest BCUT2D eigenvalue weighted by Crippen LogP contribution is 2.21. The van der Waals surface area contributed by atoms with E-state index in [0.29, 0.717) is 6.42 Å². The lowest BCUT2D eigenvalue weighted by Gasteiger charge is -2.09. The number of hydrogen-bond donors (Lipinski definition) is 1. The summed E-state index contributed by atoms with van der Waals surface area (Å²) in [5, 5.41) is 0. The Bertz CT molecular complexity index is 901. The average Bonchev–Trinajstić information content (AvgIpc) is 2.63. The molecular formula is C21H23N3O. The molecule has 0 saturated carbocycles. The quantitative estimate of drug-likeness (QED) is 0.745. The number of rotatable bonds is 6. The molecule has 0 spiro atoms. The van der Waals surface area contributed by atoms with Crippen LogP contribution in [0.15, 0.2) is 53.5 Å². The van der Waals surface area contributed by atoms with E-state index in [0.717, 1.165) is 53.2 Å². The van der Waals surface area contributed by atoms with Crippen LogP contribution in [-0.4, -0.2) is 15.0 Å². The maximum Gasteiger partial charge on any atom is 0.251 e. The van der Waals surface area contributed by atoms with Crippen molar-refractivity contribution in [1.82, 2.24) is 15.0 Å². The summed E-state index contributed by atoms with van der Waals surface area (Å²) in [5.41, 5.74) is 5.75. The fourth-order valence-corrected chi connectivity index (χ4v) is 2.96. The summed E-state index contributed by atoms with van der Waals surface area (Å²) in [6.45, 7) is 3.91. The Morgan fingerprint density at radius 3 is 2.60 bits per heavy atom. The SMILES string of the molecule is CCc1cc(-c2cccc(CCCc3ccccn3)n2)c(C)[nH]c1=O. The molecular weight excluding hydrogens is 310 g/mol. The molecule has 0 radical (unpaired) electrons. The fourth-order valence-electron chi connectivity index (χ4n) is 2.96. The first-order valence-corrected chi connectivity index (χ1v) is 8.76. The smallest absolute Gasteiger partial charge is 0.251 e. The Labute approximate surface area is 148 Å². The molecule has 0 unspecified atom stereocenters. The van der Waals surface area contributed by atoms with Gasteiger partial charge in [0, 0.05) is 34.4 Å². The van der Waals surface area contributed by atoms with Gasteiger partial charge in [0.15, 0.2) is 0 Å². The van der Waals surface area contributed by atoms with E-state index in [1.54, 1.807) is 0 Å². The van der Waals surface area contributed by atoms with Crippen LogP contribution < -0.4 is 5.56 Å². The normalized spacial score (nSPS) is 10.8. The minimum Gasteiger partial charge on any atom is -0.326 e. The highest BCUT2D eigenvalue weighted by Gasteiger charge is 2.09.